The van der Waals surface area contributed by atoms with Crippen LogP contribution in [-0.2, 0) is 11.3 Å². The van der Waals surface area contributed by atoms with E-state index in [0.29, 0.717) is 19.5 Å². The Morgan fingerprint density at radius 3 is 3.11 bits per heavy atom. The van der Waals surface area contributed by atoms with Crippen molar-refractivity contribution in [2.45, 2.75) is 13.0 Å². The summed E-state index contributed by atoms with van der Waals surface area (Å²) >= 11 is 0. The zero-order valence-electron chi connectivity index (χ0n) is 9.99. The van der Waals surface area contributed by atoms with Crippen LogP contribution in [0.3, 0.4) is 0 Å². The molecule has 5 heteroatoms. The van der Waals surface area contributed by atoms with Crippen LogP contribution in [0.5, 0.6) is 0 Å². The summed E-state index contributed by atoms with van der Waals surface area (Å²) in [6.07, 6.45) is 6.09. The molecule has 1 N–H and O–H groups in total. The Balaban J connectivity index is 1.77. The SMILES string of the molecule is O=C1CC(CO)CN1Cc1ccc2nccn2c1. The second-order valence-corrected chi connectivity index (χ2v) is 4.76. The molecule has 2 aromatic heterocycles. The van der Waals surface area contributed by atoms with E-state index in [1.807, 2.05) is 28.9 Å². The molecular formula is C13H15N3O2. The van der Waals surface area contributed by atoms with Crippen molar-refractivity contribution in [1.82, 2.24) is 14.3 Å². The van der Waals surface area contributed by atoms with Crippen molar-refractivity contribution in [3.63, 3.8) is 0 Å². The predicted molar refractivity (Wildman–Crippen MR) is 65.8 cm³/mol. The Bertz CT molecular complexity index is 578. The van der Waals surface area contributed by atoms with E-state index >= 15 is 0 Å². The Kier molecular flexibility index (Phi) is 2.76. The lowest BCUT2D eigenvalue weighted by Gasteiger charge is -2.16. The maximum absolute atomic E-state index is 11.8. The molecule has 94 valence electrons. The van der Waals surface area contributed by atoms with Crippen molar-refractivity contribution in [2.75, 3.05) is 13.2 Å². The lowest BCUT2D eigenvalue weighted by atomic mass is 10.1. The third kappa shape index (κ3) is 1.97. The van der Waals surface area contributed by atoms with Gasteiger partial charge in [0.15, 0.2) is 0 Å². The van der Waals surface area contributed by atoms with Crippen LogP contribution in [0.2, 0.25) is 0 Å². The molecule has 1 aliphatic rings. The largest absolute Gasteiger partial charge is 0.396 e. The number of amides is 1. The van der Waals surface area contributed by atoms with Crippen LogP contribution < -0.4 is 0 Å². The monoisotopic (exact) mass is 245 g/mol. The van der Waals surface area contributed by atoms with E-state index in [-0.39, 0.29) is 18.4 Å². The fourth-order valence-electron chi connectivity index (χ4n) is 2.41. The third-order valence-electron chi connectivity index (χ3n) is 3.38. The van der Waals surface area contributed by atoms with E-state index in [1.165, 1.54) is 0 Å². The van der Waals surface area contributed by atoms with Crippen LogP contribution in [-0.4, -0.2) is 38.4 Å². The van der Waals surface area contributed by atoms with Crippen molar-refractivity contribution >= 4 is 11.6 Å². The Morgan fingerprint density at radius 1 is 1.44 bits per heavy atom. The summed E-state index contributed by atoms with van der Waals surface area (Å²) in [7, 11) is 0. The Morgan fingerprint density at radius 2 is 2.33 bits per heavy atom. The lowest BCUT2D eigenvalue weighted by Crippen LogP contribution is -2.25. The number of likely N-dealkylation sites (tertiary alicyclic amines) is 1. The number of aromatic nitrogens is 2. The second kappa shape index (κ2) is 4.42. The van der Waals surface area contributed by atoms with Crippen LogP contribution in [0.4, 0.5) is 0 Å². The highest BCUT2D eigenvalue weighted by atomic mass is 16.3. The minimum absolute atomic E-state index is 0.0861. The summed E-state index contributed by atoms with van der Waals surface area (Å²) in [5, 5.41) is 9.09. The van der Waals surface area contributed by atoms with Gasteiger partial charge in [-0.15, -0.1) is 0 Å². The highest BCUT2D eigenvalue weighted by Gasteiger charge is 2.28. The number of imidazole rings is 1. The van der Waals surface area contributed by atoms with Gasteiger partial charge in [-0.2, -0.15) is 0 Å². The van der Waals surface area contributed by atoms with Gasteiger partial charge in [0.25, 0.3) is 0 Å². The van der Waals surface area contributed by atoms with Gasteiger partial charge in [-0.1, -0.05) is 6.07 Å². The molecule has 0 aliphatic carbocycles. The number of nitrogens with zero attached hydrogens (tertiary/aromatic N) is 3. The van der Waals surface area contributed by atoms with Gasteiger partial charge in [-0.25, -0.2) is 4.98 Å². The maximum atomic E-state index is 11.8. The zero-order valence-corrected chi connectivity index (χ0v) is 9.99. The van der Waals surface area contributed by atoms with Crippen LogP contribution in [0.25, 0.3) is 5.65 Å². The van der Waals surface area contributed by atoms with Gasteiger partial charge < -0.3 is 14.4 Å². The molecule has 0 saturated carbocycles. The van der Waals surface area contributed by atoms with Gasteiger partial charge >= 0.3 is 0 Å². The van der Waals surface area contributed by atoms with Crippen LogP contribution in [0.1, 0.15) is 12.0 Å². The molecule has 0 aromatic carbocycles. The first-order valence-electron chi connectivity index (χ1n) is 6.06. The number of aliphatic hydroxyl groups excluding tert-OH is 1. The highest BCUT2D eigenvalue weighted by Crippen LogP contribution is 2.19. The Labute approximate surface area is 105 Å². The highest BCUT2D eigenvalue weighted by molar-refractivity contribution is 5.78. The fraction of sp³-hybridized carbons (Fsp3) is 0.385. The summed E-state index contributed by atoms with van der Waals surface area (Å²) in [6, 6.07) is 3.93. The molecule has 1 fully saturated rings. The van der Waals surface area contributed by atoms with E-state index in [9.17, 15) is 4.79 Å². The number of aliphatic hydroxyl groups is 1. The quantitative estimate of drug-likeness (QED) is 0.865. The van der Waals surface area contributed by atoms with Crippen molar-refractivity contribution in [3.8, 4) is 0 Å². The molecule has 1 aliphatic heterocycles. The van der Waals surface area contributed by atoms with Crippen LogP contribution >= 0.6 is 0 Å². The van der Waals surface area contributed by atoms with Gasteiger partial charge in [0.2, 0.25) is 5.91 Å². The van der Waals surface area contributed by atoms with Gasteiger partial charge in [0.1, 0.15) is 5.65 Å². The van der Waals surface area contributed by atoms with Crippen molar-refractivity contribution in [3.05, 3.63) is 36.3 Å². The third-order valence-corrected chi connectivity index (χ3v) is 3.38. The van der Waals surface area contributed by atoms with Gasteiger partial charge in [0, 0.05) is 50.6 Å². The molecule has 0 bridgehead atoms. The van der Waals surface area contributed by atoms with Gasteiger partial charge in [-0.05, 0) is 11.6 Å². The van der Waals surface area contributed by atoms with Crippen molar-refractivity contribution in [2.24, 2.45) is 5.92 Å². The topological polar surface area (TPSA) is 57.8 Å². The van der Waals surface area contributed by atoms with Crippen LogP contribution in [0, 0.1) is 5.92 Å². The molecule has 1 saturated heterocycles. The van der Waals surface area contributed by atoms with Crippen LogP contribution in [0.15, 0.2) is 30.7 Å². The van der Waals surface area contributed by atoms with E-state index in [4.69, 9.17) is 5.11 Å². The van der Waals surface area contributed by atoms with Crippen molar-refractivity contribution in [1.29, 1.82) is 0 Å². The molecule has 18 heavy (non-hydrogen) atoms. The first kappa shape index (κ1) is 11.2. The number of fused-ring (bicyclic) bond motifs is 1. The number of rotatable bonds is 3. The van der Waals surface area contributed by atoms with E-state index in [1.54, 1.807) is 11.1 Å². The zero-order chi connectivity index (χ0) is 12.5. The number of pyridine rings is 1. The van der Waals surface area contributed by atoms with E-state index in [0.717, 1.165) is 11.2 Å². The number of hydrogen-bond acceptors (Lipinski definition) is 3. The lowest BCUT2D eigenvalue weighted by molar-refractivity contribution is -0.128. The molecule has 3 rings (SSSR count). The minimum atomic E-state index is 0.0861. The van der Waals surface area contributed by atoms with E-state index in [2.05, 4.69) is 4.98 Å². The standard InChI is InChI=1S/C13H15N3O2/c17-9-11-5-13(18)16(8-11)7-10-1-2-12-14-3-4-15(12)6-10/h1-4,6,11,17H,5,7-9H2. The molecule has 0 spiro atoms. The Hall–Kier alpha value is -1.88. The van der Waals surface area contributed by atoms with E-state index < -0.39 is 0 Å². The molecular weight excluding hydrogens is 230 g/mol. The number of hydrogen-bond donors (Lipinski definition) is 1. The number of carbonyl (C=O) groups is 1. The average molecular weight is 245 g/mol. The smallest absolute Gasteiger partial charge is 0.223 e. The minimum Gasteiger partial charge on any atom is -0.396 e. The molecule has 1 amide bonds. The van der Waals surface area contributed by atoms with Gasteiger partial charge in [-0.3, -0.25) is 4.79 Å². The number of carbonyl (C=O) groups excluding carboxylic acids is 1. The molecule has 5 nitrogen and oxygen atoms in total. The first-order valence-corrected chi connectivity index (χ1v) is 6.06. The molecule has 1 atom stereocenters. The average Bonchev–Trinajstić information content (AvgIpc) is 2.96. The van der Waals surface area contributed by atoms with Crippen molar-refractivity contribution < 1.29 is 9.90 Å². The molecule has 0 radical (unpaired) electrons. The summed E-state index contributed by atoms with van der Waals surface area (Å²) in [4.78, 5) is 17.7. The molecule has 3 heterocycles. The molecule has 2 aromatic rings. The maximum Gasteiger partial charge on any atom is 0.223 e. The predicted octanol–water partition coefficient (Wildman–Crippen LogP) is 0.675. The summed E-state index contributed by atoms with van der Waals surface area (Å²) in [5.74, 6) is 0.217. The summed E-state index contributed by atoms with van der Waals surface area (Å²) in [6.45, 7) is 1.34. The fourth-order valence-corrected chi connectivity index (χ4v) is 2.41. The first-order chi connectivity index (χ1) is 8.76. The summed E-state index contributed by atoms with van der Waals surface area (Å²) < 4.78 is 1.94. The normalized spacial score (nSPS) is 19.9. The van der Waals surface area contributed by atoms with Gasteiger partial charge in [0.05, 0.1) is 0 Å². The second-order valence-electron chi connectivity index (χ2n) is 4.76. The molecule has 1 unspecified atom stereocenters. The summed E-state index contributed by atoms with van der Waals surface area (Å²) in [5.41, 5.74) is 1.98.